The molecule has 0 saturated heterocycles. The van der Waals surface area contributed by atoms with Crippen molar-refractivity contribution in [3.63, 3.8) is 0 Å². The molecule has 0 spiro atoms. The largest absolute Gasteiger partial charge is 0.496 e. The number of anilines is 1. The van der Waals surface area contributed by atoms with Gasteiger partial charge in [0, 0.05) is 31.2 Å². The monoisotopic (exact) mass is 501 g/mol. The molecule has 0 radical (unpaired) electrons. The van der Waals surface area contributed by atoms with Crippen LogP contribution >= 0.6 is 0 Å². The Kier molecular flexibility index (Phi) is 6.64. The molecule has 13 heteroatoms. The second kappa shape index (κ2) is 9.68. The first-order chi connectivity index (χ1) is 17.1. The number of hydrogen-bond acceptors (Lipinski definition) is 6. The number of nitrogens with zero attached hydrogens (tertiary/aromatic N) is 6. The SMILES string of the molecule is COc1ccc(C)cc1-c1nn(CC(=O)N(C)CC(F)(F)F)cc1NC(=O)c1cnn2cccnc12. The molecule has 0 saturated carbocycles. The van der Waals surface area contributed by atoms with Crippen LogP contribution in [0.15, 0.2) is 49.1 Å². The summed E-state index contributed by atoms with van der Waals surface area (Å²) in [7, 11) is 2.54. The summed E-state index contributed by atoms with van der Waals surface area (Å²) in [6, 6.07) is 7.01. The van der Waals surface area contributed by atoms with E-state index in [1.54, 1.807) is 24.4 Å². The Morgan fingerprint density at radius 1 is 1.25 bits per heavy atom. The Labute approximate surface area is 203 Å². The standard InChI is InChI=1S/C23H22F3N7O3/c1-14-5-6-18(36-3)15(9-14)20-17(11-32(30-20)12-19(34)31(2)13-23(24,25)26)29-22(35)16-10-28-33-8-4-7-27-21(16)33/h4-11H,12-13H2,1-3H3,(H,29,35). The molecule has 4 rings (SSSR count). The number of aromatic nitrogens is 5. The van der Waals surface area contributed by atoms with Crippen LogP contribution in [0.1, 0.15) is 15.9 Å². The number of carbonyl (C=O) groups is 2. The predicted octanol–water partition coefficient (Wildman–Crippen LogP) is 3.18. The number of nitrogens with one attached hydrogen (secondary N) is 1. The number of rotatable bonds is 7. The molecule has 4 aromatic rings. The summed E-state index contributed by atoms with van der Waals surface area (Å²) in [6.07, 6.45) is 1.38. The number of carbonyl (C=O) groups excluding carboxylic acids is 2. The van der Waals surface area contributed by atoms with Crippen molar-refractivity contribution in [2.75, 3.05) is 26.0 Å². The lowest BCUT2D eigenvalue weighted by atomic mass is 10.1. The molecule has 0 atom stereocenters. The van der Waals surface area contributed by atoms with Gasteiger partial charge in [0.25, 0.3) is 5.91 Å². The molecule has 0 unspecified atom stereocenters. The smallest absolute Gasteiger partial charge is 0.406 e. The van der Waals surface area contributed by atoms with E-state index in [9.17, 15) is 22.8 Å². The van der Waals surface area contributed by atoms with Gasteiger partial charge in [-0.05, 0) is 25.1 Å². The molecule has 0 bridgehead atoms. The third-order valence-corrected chi connectivity index (χ3v) is 5.28. The maximum absolute atomic E-state index is 13.1. The number of fused-ring (bicyclic) bond motifs is 1. The number of ether oxygens (including phenoxy) is 1. The van der Waals surface area contributed by atoms with E-state index in [1.165, 1.54) is 34.9 Å². The van der Waals surface area contributed by atoms with E-state index in [2.05, 4.69) is 20.5 Å². The number of aryl methyl sites for hydroxylation is 1. The van der Waals surface area contributed by atoms with Gasteiger partial charge in [-0.15, -0.1) is 0 Å². The molecule has 0 fully saturated rings. The third-order valence-electron chi connectivity index (χ3n) is 5.28. The van der Waals surface area contributed by atoms with Gasteiger partial charge >= 0.3 is 6.18 Å². The molecule has 3 aromatic heterocycles. The van der Waals surface area contributed by atoms with Crippen molar-refractivity contribution in [1.29, 1.82) is 0 Å². The highest BCUT2D eigenvalue weighted by molar-refractivity contribution is 6.09. The number of halogens is 3. The van der Waals surface area contributed by atoms with Crippen LogP contribution in [0.25, 0.3) is 16.9 Å². The lowest BCUT2D eigenvalue weighted by molar-refractivity contribution is -0.158. The number of hydrogen-bond donors (Lipinski definition) is 1. The summed E-state index contributed by atoms with van der Waals surface area (Å²) in [5.74, 6) is -0.876. The van der Waals surface area contributed by atoms with Crippen molar-refractivity contribution in [3.05, 3.63) is 60.2 Å². The fourth-order valence-electron chi connectivity index (χ4n) is 3.59. The van der Waals surface area contributed by atoms with Gasteiger partial charge in [-0.25, -0.2) is 9.50 Å². The van der Waals surface area contributed by atoms with Crippen LogP contribution in [0.5, 0.6) is 5.75 Å². The quantitative estimate of drug-likeness (QED) is 0.417. The van der Waals surface area contributed by atoms with Gasteiger partial charge in [-0.3, -0.25) is 14.3 Å². The van der Waals surface area contributed by atoms with Gasteiger partial charge in [-0.1, -0.05) is 11.6 Å². The van der Waals surface area contributed by atoms with Gasteiger partial charge < -0.3 is 15.0 Å². The normalized spacial score (nSPS) is 11.5. The molecular formula is C23H22F3N7O3. The molecule has 188 valence electrons. The highest BCUT2D eigenvalue weighted by Gasteiger charge is 2.31. The average Bonchev–Trinajstić information content (AvgIpc) is 3.42. The summed E-state index contributed by atoms with van der Waals surface area (Å²) in [5.41, 5.74) is 2.45. The Morgan fingerprint density at radius 3 is 2.75 bits per heavy atom. The van der Waals surface area contributed by atoms with E-state index in [4.69, 9.17) is 4.74 Å². The Bertz CT molecular complexity index is 1430. The molecule has 3 heterocycles. The van der Waals surface area contributed by atoms with Gasteiger partial charge in [0.05, 0.1) is 19.0 Å². The Morgan fingerprint density at radius 2 is 2.03 bits per heavy atom. The topological polar surface area (TPSA) is 107 Å². The van der Waals surface area contributed by atoms with Crippen molar-refractivity contribution in [2.24, 2.45) is 0 Å². The van der Waals surface area contributed by atoms with Gasteiger partial charge in [0.2, 0.25) is 5.91 Å². The zero-order valence-electron chi connectivity index (χ0n) is 19.6. The van der Waals surface area contributed by atoms with Crippen molar-refractivity contribution >= 4 is 23.1 Å². The zero-order valence-corrected chi connectivity index (χ0v) is 19.6. The Hall–Kier alpha value is -4.42. The first-order valence-corrected chi connectivity index (χ1v) is 10.7. The molecule has 0 aliphatic rings. The van der Waals surface area contributed by atoms with E-state index >= 15 is 0 Å². The molecule has 36 heavy (non-hydrogen) atoms. The number of amides is 2. The summed E-state index contributed by atoms with van der Waals surface area (Å²) in [4.78, 5) is 30.3. The number of methoxy groups -OCH3 is 1. The van der Waals surface area contributed by atoms with Crippen LogP contribution in [0.4, 0.5) is 18.9 Å². The molecular weight excluding hydrogens is 479 g/mol. The highest BCUT2D eigenvalue weighted by atomic mass is 19.4. The van der Waals surface area contributed by atoms with E-state index in [0.29, 0.717) is 21.9 Å². The van der Waals surface area contributed by atoms with E-state index in [1.807, 2.05) is 13.0 Å². The lowest BCUT2D eigenvalue weighted by Crippen LogP contribution is -2.37. The number of alkyl halides is 3. The van der Waals surface area contributed by atoms with Crippen LogP contribution in [0, 0.1) is 6.92 Å². The molecule has 2 amide bonds. The fraction of sp³-hybridized carbons (Fsp3) is 0.261. The van der Waals surface area contributed by atoms with Crippen LogP contribution in [-0.4, -0.2) is 68.0 Å². The summed E-state index contributed by atoms with van der Waals surface area (Å²) in [5, 5.41) is 11.3. The summed E-state index contributed by atoms with van der Waals surface area (Å²) < 4.78 is 46.2. The Balaban J connectivity index is 1.70. The predicted molar refractivity (Wildman–Crippen MR) is 124 cm³/mol. The van der Waals surface area contributed by atoms with Crippen LogP contribution < -0.4 is 10.1 Å². The minimum Gasteiger partial charge on any atom is -0.496 e. The van der Waals surface area contributed by atoms with Crippen molar-refractivity contribution in [3.8, 4) is 17.0 Å². The minimum absolute atomic E-state index is 0.200. The number of likely N-dealkylation sites (N-methyl/N-ethyl adjacent to an activating group) is 1. The second-order valence-electron chi connectivity index (χ2n) is 8.06. The summed E-state index contributed by atoms with van der Waals surface area (Å²) in [6.45, 7) is -0.00266. The average molecular weight is 501 g/mol. The van der Waals surface area contributed by atoms with E-state index in [-0.39, 0.29) is 16.9 Å². The van der Waals surface area contributed by atoms with E-state index in [0.717, 1.165) is 12.6 Å². The molecule has 10 nitrogen and oxygen atoms in total. The zero-order chi connectivity index (χ0) is 26.0. The minimum atomic E-state index is -4.53. The maximum Gasteiger partial charge on any atom is 0.406 e. The second-order valence-corrected chi connectivity index (χ2v) is 8.06. The summed E-state index contributed by atoms with van der Waals surface area (Å²) >= 11 is 0. The lowest BCUT2D eigenvalue weighted by Gasteiger charge is -2.18. The van der Waals surface area contributed by atoms with Crippen LogP contribution in [0.3, 0.4) is 0 Å². The molecule has 0 aliphatic heterocycles. The first-order valence-electron chi connectivity index (χ1n) is 10.7. The van der Waals surface area contributed by atoms with Gasteiger partial charge in [0.15, 0.2) is 5.65 Å². The van der Waals surface area contributed by atoms with Crippen molar-refractivity contribution < 1.29 is 27.5 Å². The van der Waals surface area contributed by atoms with Crippen molar-refractivity contribution in [2.45, 2.75) is 19.6 Å². The van der Waals surface area contributed by atoms with E-state index < -0.39 is 31.1 Å². The van der Waals surface area contributed by atoms with Gasteiger partial charge in [-0.2, -0.15) is 23.4 Å². The number of benzene rings is 1. The third kappa shape index (κ3) is 5.29. The molecule has 0 aliphatic carbocycles. The van der Waals surface area contributed by atoms with Crippen LogP contribution in [0.2, 0.25) is 0 Å². The maximum atomic E-state index is 13.1. The molecule has 1 N–H and O–H groups in total. The van der Waals surface area contributed by atoms with Crippen molar-refractivity contribution in [1.82, 2.24) is 29.3 Å². The highest BCUT2D eigenvalue weighted by Crippen LogP contribution is 2.35. The fourth-order valence-corrected chi connectivity index (χ4v) is 3.59. The molecule has 1 aromatic carbocycles. The van der Waals surface area contributed by atoms with Crippen LogP contribution in [-0.2, 0) is 11.3 Å². The van der Waals surface area contributed by atoms with Gasteiger partial charge in [0.1, 0.15) is 30.1 Å². The first kappa shape index (κ1) is 24.7.